The van der Waals surface area contributed by atoms with Gasteiger partial charge in [0.05, 0.1) is 5.69 Å². The molecule has 20 heavy (non-hydrogen) atoms. The van der Waals surface area contributed by atoms with E-state index in [9.17, 15) is 18.0 Å². The van der Waals surface area contributed by atoms with Crippen LogP contribution in [0.15, 0.2) is 29.9 Å². The molecule has 8 heteroatoms. The highest BCUT2D eigenvalue weighted by molar-refractivity contribution is 7.15. The zero-order valence-corrected chi connectivity index (χ0v) is 10.5. The first-order valence-electron chi connectivity index (χ1n) is 5.43. The van der Waals surface area contributed by atoms with Crippen LogP contribution < -0.4 is 5.32 Å². The van der Waals surface area contributed by atoms with E-state index in [1.807, 2.05) is 0 Å². The van der Waals surface area contributed by atoms with Crippen molar-refractivity contribution in [3.8, 4) is 0 Å². The quantitative estimate of drug-likeness (QED) is 0.739. The number of anilines is 1. The molecule has 0 saturated heterocycles. The Bertz CT molecular complexity index is 811. The van der Waals surface area contributed by atoms with Crippen molar-refractivity contribution >= 4 is 27.9 Å². The van der Waals surface area contributed by atoms with Crippen LogP contribution >= 0.6 is 11.3 Å². The lowest BCUT2D eigenvalue weighted by Crippen LogP contribution is -2.15. The third kappa shape index (κ3) is 1.94. The van der Waals surface area contributed by atoms with E-state index in [2.05, 4.69) is 10.3 Å². The zero-order chi connectivity index (χ0) is 14.3. The van der Waals surface area contributed by atoms with Crippen molar-refractivity contribution in [2.24, 2.45) is 0 Å². The average Bonchev–Trinajstić information content (AvgIpc) is 3.01. The lowest BCUT2D eigenvalue weighted by molar-refractivity contribution is 0.102. The van der Waals surface area contributed by atoms with E-state index in [0.717, 1.165) is 12.1 Å². The van der Waals surface area contributed by atoms with Crippen LogP contribution in [0.4, 0.5) is 18.9 Å². The topological polar surface area (TPSA) is 46.4 Å². The summed E-state index contributed by atoms with van der Waals surface area (Å²) in [6.45, 7) is 0. The highest BCUT2D eigenvalue weighted by Gasteiger charge is 2.18. The van der Waals surface area contributed by atoms with Gasteiger partial charge in [-0.15, -0.1) is 11.3 Å². The van der Waals surface area contributed by atoms with E-state index in [4.69, 9.17) is 0 Å². The number of halogens is 3. The second kappa shape index (κ2) is 4.64. The Labute approximate surface area is 114 Å². The van der Waals surface area contributed by atoms with Gasteiger partial charge in [-0.05, 0) is 12.1 Å². The van der Waals surface area contributed by atoms with Crippen molar-refractivity contribution in [3.63, 3.8) is 0 Å². The minimum absolute atomic E-state index is 0.228. The van der Waals surface area contributed by atoms with Gasteiger partial charge >= 0.3 is 0 Å². The summed E-state index contributed by atoms with van der Waals surface area (Å²) in [7, 11) is 0. The number of nitrogens with zero attached hydrogens (tertiary/aromatic N) is 2. The summed E-state index contributed by atoms with van der Waals surface area (Å²) in [6, 6.07) is 1.71. The molecular weight excluding hydrogens is 291 g/mol. The maximum atomic E-state index is 13.5. The van der Waals surface area contributed by atoms with Gasteiger partial charge in [-0.1, -0.05) is 0 Å². The molecule has 102 valence electrons. The van der Waals surface area contributed by atoms with E-state index >= 15 is 0 Å². The van der Waals surface area contributed by atoms with Gasteiger partial charge in [-0.3, -0.25) is 9.20 Å². The molecule has 4 nitrogen and oxygen atoms in total. The first kappa shape index (κ1) is 12.7. The summed E-state index contributed by atoms with van der Waals surface area (Å²) in [5.74, 6) is -5.01. The Morgan fingerprint density at radius 1 is 1.25 bits per heavy atom. The summed E-state index contributed by atoms with van der Waals surface area (Å²) < 4.78 is 40.9. The van der Waals surface area contributed by atoms with Crippen molar-refractivity contribution in [2.75, 3.05) is 5.32 Å². The maximum absolute atomic E-state index is 13.5. The number of carbonyl (C=O) groups is 1. The third-order valence-corrected chi connectivity index (χ3v) is 3.51. The Balaban J connectivity index is 1.94. The van der Waals surface area contributed by atoms with E-state index in [1.165, 1.54) is 27.3 Å². The molecule has 2 aromatic heterocycles. The molecule has 1 amide bonds. The second-order valence-corrected chi connectivity index (χ2v) is 4.71. The number of fused-ring (bicyclic) bond motifs is 1. The first-order valence-corrected chi connectivity index (χ1v) is 6.31. The Morgan fingerprint density at radius 2 is 2.05 bits per heavy atom. The predicted molar refractivity (Wildman–Crippen MR) is 67.3 cm³/mol. The molecule has 3 aromatic rings. The molecule has 1 aromatic carbocycles. The predicted octanol–water partition coefficient (Wildman–Crippen LogP) is 3.07. The summed E-state index contributed by atoms with van der Waals surface area (Å²) in [5.41, 5.74) is -0.194. The SMILES string of the molecule is O=C(Nc1ccc(F)c(F)c1F)c1csc2nccn12. The zero-order valence-electron chi connectivity index (χ0n) is 9.73. The third-order valence-electron chi connectivity index (χ3n) is 2.66. The molecule has 0 saturated carbocycles. The highest BCUT2D eigenvalue weighted by Crippen LogP contribution is 2.21. The highest BCUT2D eigenvalue weighted by atomic mass is 32.1. The molecule has 0 aliphatic rings. The Hall–Kier alpha value is -2.35. The number of hydrogen-bond donors (Lipinski definition) is 1. The molecule has 0 aliphatic heterocycles. The van der Waals surface area contributed by atoms with Crippen molar-refractivity contribution in [3.05, 3.63) is 53.1 Å². The summed E-state index contributed by atoms with van der Waals surface area (Å²) in [4.78, 5) is 16.6. The number of amides is 1. The fourth-order valence-corrected chi connectivity index (χ4v) is 2.53. The van der Waals surface area contributed by atoms with E-state index in [0.29, 0.717) is 4.96 Å². The van der Waals surface area contributed by atoms with Crippen molar-refractivity contribution in [2.45, 2.75) is 0 Å². The molecule has 0 radical (unpaired) electrons. The number of hydrogen-bond acceptors (Lipinski definition) is 3. The smallest absolute Gasteiger partial charge is 0.273 e. The van der Waals surface area contributed by atoms with Crippen LogP contribution in [0.2, 0.25) is 0 Å². The Morgan fingerprint density at radius 3 is 2.85 bits per heavy atom. The average molecular weight is 297 g/mol. The van der Waals surface area contributed by atoms with Gasteiger partial charge < -0.3 is 5.32 Å². The molecule has 3 rings (SSSR count). The van der Waals surface area contributed by atoms with E-state index in [-0.39, 0.29) is 5.69 Å². The normalized spacial score (nSPS) is 10.9. The van der Waals surface area contributed by atoms with Crippen LogP contribution in [0, 0.1) is 17.5 Å². The lowest BCUT2D eigenvalue weighted by Gasteiger charge is -2.06. The standard InChI is InChI=1S/C12H6F3N3OS/c13-6-1-2-7(10(15)9(6)14)17-11(19)8-5-20-12-16-3-4-18(8)12/h1-5H,(H,17,19). The number of carbonyl (C=O) groups excluding carboxylic acids is 1. The molecule has 0 atom stereocenters. The largest absolute Gasteiger partial charge is 0.318 e. The first-order chi connectivity index (χ1) is 9.58. The summed E-state index contributed by atoms with van der Waals surface area (Å²) in [6.07, 6.45) is 3.09. The number of nitrogens with one attached hydrogen (secondary N) is 1. The van der Waals surface area contributed by atoms with Crippen molar-refractivity contribution < 1.29 is 18.0 Å². The Kier molecular flexibility index (Phi) is 2.94. The molecule has 0 bridgehead atoms. The van der Waals surface area contributed by atoms with Crippen LogP contribution in [-0.2, 0) is 0 Å². The molecule has 0 fully saturated rings. The van der Waals surface area contributed by atoms with Gasteiger partial charge in [-0.25, -0.2) is 18.2 Å². The molecule has 1 N–H and O–H groups in total. The minimum atomic E-state index is -1.62. The maximum Gasteiger partial charge on any atom is 0.273 e. The molecule has 0 spiro atoms. The van der Waals surface area contributed by atoms with Crippen molar-refractivity contribution in [1.82, 2.24) is 9.38 Å². The molecular formula is C12H6F3N3OS. The fraction of sp³-hybridized carbons (Fsp3) is 0. The number of aromatic nitrogens is 2. The van der Waals surface area contributed by atoms with Crippen molar-refractivity contribution in [1.29, 1.82) is 0 Å². The van der Waals surface area contributed by atoms with Crippen LogP contribution in [0.3, 0.4) is 0 Å². The molecule has 0 aliphatic carbocycles. The molecule has 2 heterocycles. The van der Waals surface area contributed by atoms with Gasteiger partial charge in [0.25, 0.3) is 5.91 Å². The fourth-order valence-electron chi connectivity index (χ4n) is 1.70. The van der Waals surface area contributed by atoms with Crippen LogP contribution in [-0.4, -0.2) is 15.3 Å². The van der Waals surface area contributed by atoms with Gasteiger partial charge in [0.2, 0.25) is 0 Å². The van der Waals surface area contributed by atoms with Crippen LogP contribution in [0.25, 0.3) is 4.96 Å². The number of thiazole rings is 1. The number of benzene rings is 1. The second-order valence-electron chi connectivity index (χ2n) is 3.88. The van der Waals surface area contributed by atoms with Crippen LogP contribution in [0.1, 0.15) is 10.5 Å². The van der Waals surface area contributed by atoms with Crippen LogP contribution in [0.5, 0.6) is 0 Å². The monoisotopic (exact) mass is 297 g/mol. The number of rotatable bonds is 2. The lowest BCUT2D eigenvalue weighted by atomic mass is 10.2. The van der Waals surface area contributed by atoms with Gasteiger partial charge in [0, 0.05) is 17.8 Å². The van der Waals surface area contributed by atoms with E-state index in [1.54, 1.807) is 6.20 Å². The summed E-state index contributed by atoms with van der Waals surface area (Å²) in [5, 5.41) is 3.74. The van der Waals surface area contributed by atoms with Gasteiger partial charge in [-0.2, -0.15) is 0 Å². The number of imidazole rings is 1. The minimum Gasteiger partial charge on any atom is -0.318 e. The molecule has 0 unspecified atom stereocenters. The van der Waals surface area contributed by atoms with Gasteiger partial charge in [0.15, 0.2) is 22.4 Å². The van der Waals surface area contributed by atoms with E-state index < -0.39 is 29.0 Å². The summed E-state index contributed by atoms with van der Waals surface area (Å²) >= 11 is 1.23. The van der Waals surface area contributed by atoms with Gasteiger partial charge in [0.1, 0.15) is 5.69 Å².